The van der Waals surface area contributed by atoms with Gasteiger partial charge in [0.25, 0.3) is 0 Å². The first-order chi connectivity index (χ1) is 7.81. The number of hydrogen-bond donors (Lipinski definition) is 0. The maximum absolute atomic E-state index is 3.30. The molecule has 0 aliphatic carbocycles. The van der Waals surface area contributed by atoms with Gasteiger partial charge in [-0.1, -0.05) is 55.8 Å². The SMILES string of the molecule is CCCc1ccc(-c2[c]cccc2C)cc1. The quantitative estimate of drug-likeness (QED) is 0.702. The summed E-state index contributed by atoms with van der Waals surface area (Å²) in [5, 5.41) is 0. The van der Waals surface area contributed by atoms with Crippen LogP contribution < -0.4 is 0 Å². The van der Waals surface area contributed by atoms with Crippen molar-refractivity contribution in [2.75, 3.05) is 0 Å². The van der Waals surface area contributed by atoms with E-state index in [4.69, 9.17) is 0 Å². The molecule has 16 heavy (non-hydrogen) atoms. The molecule has 0 amide bonds. The van der Waals surface area contributed by atoms with Crippen LogP contribution in [0.15, 0.2) is 42.5 Å². The fourth-order valence-electron chi connectivity index (χ4n) is 1.96. The molecule has 0 heterocycles. The molecule has 0 saturated heterocycles. The zero-order valence-corrected chi connectivity index (χ0v) is 9.96. The van der Waals surface area contributed by atoms with E-state index < -0.39 is 0 Å². The Morgan fingerprint density at radius 3 is 2.44 bits per heavy atom. The van der Waals surface area contributed by atoms with Crippen LogP contribution in [0.25, 0.3) is 11.1 Å². The van der Waals surface area contributed by atoms with Crippen LogP contribution >= 0.6 is 0 Å². The van der Waals surface area contributed by atoms with Gasteiger partial charge in [0, 0.05) is 0 Å². The summed E-state index contributed by atoms with van der Waals surface area (Å²) in [6.07, 6.45) is 2.37. The second kappa shape index (κ2) is 4.98. The molecule has 0 saturated carbocycles. The third-order valence-electron chi connectivity index (χ3n) is 2.85. The summed E-state index contributed by atoms with van der Waals surface area (Å²) in [5.41, 5.74) is 5.18. The molecule has 1 radical (unpaired) electrons. The van der Waals surface area contributed by atoms with Gasteiger partial charge in [-0.25, -0.2) is 0 Å². The standard InChI is InChI=1S/C16H17/c1-3-6-14-9-11-15(12-10-14)16-8-5-4-7-13(16)2/h4-5,7,9-12H,3,6H2,1-2H3. The van der Waals surface area contributed by atoms with Crippen molar-refractivity contribution in [3.05, 3.63) is 59.7 Å². The lowest BCUT2D eigenvalue weighted by Crippen LogP contribution is -1.85. The van der Waals surface area contributed by atoms with Crippen LogP contribution in [0.4, 0.5) is 0 Å². The van der Waals surface area contributed by atoms with Crippen molar-refractivity contribution in [2.24, 2.45) is 0 Å². The summed E-state index contributed by atoms with van der Waals surface area (Å²) in [6.45, 7) is 4.34. The molecule has 0 atom stereocenters. The fourth-order valence-corrected chi connectivity index (χ4v) is 1.96. The van der Waals surface area contributed by atoms with E-state index >= 15 is 0 Å². The van der Waals surface area contributed by atoms with Crippen LogP contribution in [0.2, 0.25) is 0 Å². The van der Waals surface area contributed by atoms with Crippen LogP contribution in [0.5, 0.6) is 0 Å². The predicted octanol–water partition coefficient (Wildman–Crippen LogP) is 4.41. The van der Waals surface area contributed by atoms with E-state index in [1.54, 1.807) is 0 Å². The van der Waals surface area contributed by atoms with Crippen molar-refractivity contribution in [2.45, 2.75) is 26.7 Å². The highest BCUT2D eigenvalue weighted by Gasteiger charge is 2.00. The second-order valence-electron chi connectivity index (χ2n) is 4.18. The van der Waals surface area contributed by atoms with Crippen LogP contribution in [0.3, 0.4) is 0 Å². The first kappa shape index (κ1) is 10.9. The zero-order valence-electron chi connectivity index (χ0n) is 9.96. The van der Waals surface area contributed by atoms with E-state index in [0.717, 1.165) is 6.42 Å². The fraction of sp³-hybridized carbons (Fsp3) is 0.250. The van der Waals surface area contributed by atoms with Gasteiger partial charge >= 0.3 is 0 Å². The molecular formula is C16H17. The van der Waals surface area contributed by atoms with Crippen molar-refractivity contribution >= 4 is 0 Å². The summed E-state index contributed by atoms with van der Waals surface area (Å²) in [5.74, 6) is 0. The van der Waals surface area contributed by atoms with E-state index in [2.05, 4.69) is 50.2 Å². The molecule has 2 rings (SSSR count). The molecule has 0 unspecified atom stereocenters. The Labute approximate surface area is 97.9 Å². The van der Waals surface area contributed by atoms with Crippen molar-refractivity contribution in [1.82, 2.24) is 0 Å². The summed E-state index contributed by atoms with van der Waals surface area (Å²) in [7, 11) is 0. The third kappa shape index (κ3) is 2.33. The zero-order chi connectivity index (χ0) is 11.4. The molecule has 2 aromatic carbocycles. The lowest BCUT2D eigenvalue weighted by Gasteiger charge is -2.06. The summed E-state index contributed by atoms with van der Waals surface area (Å²) < 4.78 is 0. The lowest BCUT2D eigenvalue weighted by molar-refractivity contribution is 0.922. The molecule has 0 spiro atoms. The molecule has 0 aliphatic heterocycles. The minimum Gasteiger partial charge on any atom is -0.0651 e. The van der Waals surface area contributed by atoms with Crippen molar-refractivity contribution in [3.63, 3.8) is 0 Å². The van der Waals surface area contributed by atoms with E-state index in [0.29, 0.717) is 0 Å². The minimum absolute atomic E-state index is 1.16. The molecule has 81 valence electrons. The number of rotatable bonds is 3. The van der Waals surface area contributed by atoms with Crippen LogP contribution in [-0.4, -0.2) is 0 Å². The Morgan fingerprint density at radius 2 is 1.81 bits per heavy atom. The predicted molar refractivity (Wildman–Crippen MR) is 69.4 cm³/mol. The Morgan fingerprint density at radius 1 is 1.06 bits per heavy atom. The molecule has 0 aromatic heterocycles. The molecular weight excluding hydrogens is 192 g/mol. The van der Waals surface area contributed by atoms with Crippen molar-refractivity contribution < 1.29 is 0 Å². The first-order valence-electron chi connectivity index (χ1n) is 5.88. The third-order valence-corrected chi connectivity index (χ3v) is 2.85. The van der Waals surface area contributed by atoms with Crippen LogP contribution in [0.1, 0.15) is 24.5 Å². The molecule has 0 heteroatoms. The average molecular weight is 209 g/mol. The van der Waals surface area contributed by atoms with Gasteiger partial charge in [-0.3, -0.25) is 0 Å². The summed E-state index contributed by atoms with van der Waals surface area (Å²) >= 11 is 0. The molecule has 2 aromatic rings. The minimum atomic E-state index is 1.16. The number of benzene rings is 2. The summed E-state index contributed by atoms with van der Waals surface area (Å²) in [6, 6.07) is 18.3. The van der Waals surface area contributed by atoms with Gasteiger partial charge in [-0.15, -0.1) is 0 Å². The first-order valence-corrected chi connectivity index (χ1v) is 5.88. The Kier molecular flexibility index (Phi) is 3.40. The monoisotopic (exact) mass is 209 g/mol. The molecule has 0 nitrogen and oxygen atoms in total. The highest BCUT2D eigenvalue weighted by atomic mass is 14.0. The lowest BCUT2D eigenvalue weighted by atomic mass is 9.99. The van der Waals surface area contributed by atoms with Gasteiger partial charge in [0.1, 0.15) is 0 Å². The summed E-state index contributed by atoms with van der Waals surface area (Å²) in [4.78, 5) is 0. The van der Waals surface area contributed by atoms with E-state index in [1.807, 2.05) is 12.1 Å². The van der Waals surface area contributed by atoms with Gasteiger partial charge in [0.15, 0.2) is 0 Å². The number of hydrogen-bond acceptors (Lipinski definition) is 0. The van der Waals surface area contributed by atoms with Gasteiger partial charge < -0.3 is 0 Å². The Hall–Kier alpha value is -1.56. The average Bonchev–Trinajstić information content (AvgIpc) is 2.31. The molecule has 0 N–H and O–H groups in total. The van der Waals surface area contributed by atoms with Crippen LogP contribution in [0, 0.1) is 13.0 Å². The van der Waals surface area contributed by atoms with Gasteiger partial charge in [-0.05, 0) is 41.7 Å². The normalized spacial score (nSPS) is 10.4. The molecule has 0 fully saturated rings. The molecule has 0 bridgehead atoms. The Bertz CT molecular complexity index is 452. The molecule has 0 aliphatic rings. The van der Waals surface area contributed by atoms with Crippen molar-refractivity contribution in [3.8, 4) is 11.1 Å². The topological polar surface area (TPSA) is 0 Å². The van der Waals surface area contributed by atoms with Gasteiger partial charge in [-0.2, -0.15) is 0 Å². The number of aryl methyl sites for hydroxylation is 2. The van der Waals surface area contributed by atoms with Gasteiger partial charge in [0.05, 0.1) is 0 Å². The maximum Gasteiger partial charge on any atom is -0.00759 e. The Balaban J connectivity index is 2.31. The van der Waals surface area contributed by atoms with E-state index in [9.17, 15) is 0 Å². The highest BCUT2D eigenvalue weighted by Crippen LogP contribution is 2.22. The van der Waals surface area contributed by atoms with E-state index in [1.165, 1.54) is 28.7 Å². The smallest absolute Gasteiger partial charge is 0.00759 e. The van der Waals surface area contributed by atoms with Gasteiger partial charge in [0.2, 0.25) is 0 Å². The highest BCUT2D eigenvalue weighted by molar-refractivity contribution is 5.66. The second-order valence-corrected chi connectivity index (χ2v) is 4.18. The van der Waals surface area contributed by atoms with Crippen LogP contribution in [-0.2, 0) is 6.42 Å². The maximum atomic E-state index is 3.30. The largest absolute Gasteiger partial charge is 0.0651 e. The van der Waals surface area contributed by atoms with Crippen molar-refractivity contribution in [1.29, 1.82) is 0 Å². The van der Waals surface area contributed by atoms with E-state index in [-0.39, 0.29) is 0 Å².